The number of rotatable bonds is 3. The van der Waals surface area contributed by atoms with Crippen LogP contribution in [0.2, 0.25) is 0 Å². The van der Waals surface area contributed by atoms with Crippen molar-refractivity contribution in [1.82, 2.24) is 14.8 Å². The van der Waals surface area contributed by atoms with Crippen LogP contribution in [0.3, 0.4) is 0 Å². The lowest BCUT2D eigenvalue weighted by molar-refractivity contribution is 0.0178. The Bertz CT molecular complexity index is 420. The number of carbonyl (C=O) groups is 1. The molecule has 1 N–H and O–H groups in total. The normalized spacial score (nSPS) is 17.5. The SMILES string of the molecule is CC(C)(O)CN1CCN(C(=O)c2ccncc2)CC1. The highest BCUT2D eigenvalue weighted by atomic mass is 16.3. The molecule has 1 aliphatic heterocycles. The van der Waals surface area contributed by atoms with E-state index >= 15 is 0 Å². The zero-order valence-corrected chi connectivity index (χ0v) is 11.5. The summed E-state index contributed by atoms with van der Waals surface area (Å²) >= 11 is 0. The van der Waals surface area contributed by atoms with Gasteiger partial charge in [0, 0.05) is 50.7 Å². The number of aliphatic hydroxyl groups is 1. The molecule has 1 aromatic heterocycles. The molecular weight excluding hydrogens is 242 g/mol. The Hall–Kier alpha value is -1.46. The number of amides is 1. The van der Waals surface area contributed by atoms with Gasteiger partial charge in [0.1, 0.15) is 0 Å². The number of pyridine rings is 1. The van der Waals surface area contributed by atoms with Gasteiger partial charge >= 0.3 is 0 Å². The average Bonchev–Trinajstić information content (AvgIpc) is 2.38. The topological polar surface area (TPSA) is 56.7 Å². The van der Waals surface area contributed by atoms with E-state index in [-0.39, 0.29) is 5.91 Å². The Balaban J connectivity index is 1.88. The molecule has 0 aromatic carbocycles. The molecule has 2 rings (SSSR count). The molecule has 1 saturated heterocycles. The van der Waals surface area contributed by atoms with Crippen molar-refractivity contribution in [3.8, 4) is 0 Å². The third-order valence-electron chi connectivity index (χ3n) is 3.20. The first-order valence-corrected chi connectivity index (χ1v) is 6.60. The van der Waals surface area contributed by atoms with Gasteiger partial charge < -0.3 is 10.0 Å². The lowest BCUT2D eigenvalue weighted by atomic mass is 10.1. The Morgan fingerprint density at radius 3 is 2.37 bits per heavy atom. The number of piperazine rings is 1. The minimum Gasteiger partial charge on any atom is -0.389 e. The van der Waals surface area contributed by atoms with E-state index in [1.807, 2.05) is 18.7 Å². The van der Waals surface area contributed by atoms with Crippen molar-refractivity contribution in [3.05, 3.63) is 30.1 Å². The average molecular weight is 263 g/mol. The maximum Gasteiger partial charge on any atom is 0.254 e. The van der Waals surface area contributed by atoms with Crippen molar-refractivity contribution in [1.29, 1.82) is 0 Å². The molecule has 104 valence electrons. The van der Waals surface area contributed by atoms with Crippen molar-refractivity contribution < 1.29 is 9.90 Å². The lowest BCUT2D eigenvalue weighted by Gasteiger charge is -2.37. The van der Waals surface area contributed by atoms with Crippen LogP contribution in [0, 0.1) is 0 Å². The molecule has 1 amide bonds. The van der Waals surface area contributed by atoms with Gasteiger partial charge in [0.2, 0.25) is 0 Å². The lowest BCUT2D eigenvalue weighted by Crippen LogP contribution is -2.51. The van der Waals surface area contributed by atoms with Crippen LogP contribution in [-0.4, -0.2) is 64.1 Å². The van der Waals surface area contributed by atoms with Gasteiger partial charge in [-0.3, -0.25) is 14.7 Å². The summed E-state index contributed by atoms with van der Waals surface area (Å²) in [6.45, 7) is 7.28. The molecule has 5 nitrogen and oxygen atoms in total. The molecule has 0 spiro atoms. The van der Waals surface area contributed by atoms with Gasteiger partial charge in [-0.15, -0.1) is 0 Å². The Kier molecular flexibility index (Phi) is 4.17. The Labute approximate surface area is 113 Å². The van der Waals surface area contributed by atoms with Crippen LogP contribution in [0.1, 0.15) is 24.2 Å². The predicted octanol–water partition coefficient (Wildman–Crippen LogP) is 0.610. The van der Waals surface area contributed by atoms with Gasteiger partial charge in [-0.1, -0.05) is 0 Å². The van der Waals surface area contributed by atoms with Crippen molar-refractivity contribution in [3.63, 3.8) is 0 Å². The van der Waals surface area contributed by atoms with Crippen LogP contribution >= 0.6 is 0 Å². The van der Waals surface area contributed by atoms with E-state index in [0.29, 0.717) is 25.2 Å². The smallest absolute Gasteiger partial charge is 0.254 e. The molecule has 5 heteroatoms. The van der Waals surface area contributed by atoms with Crippen molar-refractivity contribution in [2.24, 2.45) is 0 Å². The zero-order chi connectivity index (χ0) is 13.9. The number of β-amino-alcohol motifs (C(OH)–C–C–N with tert-alkyl or cyclic N) is 1. The Morgan fingerprint density at radius 1 is 1.26 bits per heavy atom. The fraction of sp³-hybridized carbons (Fsp3) is 0.571. The van der Waals surface area contributed by atoms with E-state index in [2.05, 4.69) is 9.88 Å². The zero-order valence-electron chi connectivity index (χ0n) is 11.5. The second-order valence-corrected chi connectivity index (χ2v) is 5.62. The van der Waals surface area contributed by atoms with Crippen LogP contribution in [0.4, 0.5) is 0 Å². The van der Waals surface area contributed by atoms with Crippen molar-refractivity contribution in [2.45, 2.75) is 19.4 Å². The minimum atomic E-state index is -0.683. The molecule has 1 fully saturated rings. The molecular formula is C14H21N3O2. The monoisotopic (exact) mass is 263 g/mol. The number of carbonyl (C=O) groups excluding carboxylic acids is 1. The van der Waals surface area contributed by atoms with Gasteiger partial charge in [-0.05, 0) is 26.0 Å². The van der Waals surface area contributed by atoms with E-state index in [4.69, 9.17) is 0 Å². The molecule has 0 bridgehead atoms. The van der Waals surface area contributed by atoms with Crippen molar-refractivity contribution >= 4 is 5.91 Å². The molecule has 2 heterocycles. The highest BCUT2D eigenvalue weighted by Crippen LogP contribution is 2.11. The third-order valence-corrected chi connectivity index (χ3v) is 3.20. The summed E-state index contributed by atoms with van der Waals surface area (Å²) in [6, 6.07) is 3.48. The molecule has 1 aliphatic rings. The first-order chi connectivity index (χ1) is 8.96. The molecule has 0 aliphatic carbocycles. The third kappa shape index (κ3) is 4.01. The van der Waals surface area contributed by atoms with Gasteiger partial charge in [0.05, 0.1) is 5.60 Å². The summed E-state index contributed by atoms with van der Waals surface area (Å²) in [6.07, 6.45) is 3.27. The number of hydrogen-bond donors (Lipinski definition) is 1. The minimum absolute atomic E-state index is 0.0605. The Morgan fingerprint density at radius 2 is 1.84 bits per heavy atom. The van der Waals surface area contributed by atoms with E-state index < -0.39 is 5.60 Å². The molecule has 0 unspecified atom stereocenters. The quantitative estimate of drug-likeness (QED) is 0.868. The second kappa shape index (κ2) is 5.67. The van der Waals surface area contributed by atoms with Crippen molar-refractivity contribution in [2.75, 3.05) is 32.7 Å². The number of hydrogen-bond acceptors (Lipinski definition) is 4. The van der Waals surface area contributed by atoms with Gasteiger partial charge in [-0.25, -0.2) is 0 Å². The summed E-state index contributed by atoms with van der Waals surface area (Å²) in [5.74, 6) is 0.0605. The van der Waals surface area contributed by atoms with Gasteiger partial charge in [0.15, 0.2) is 0 Å². The van der Waals surface area contributed by atoms with E-state index in [0.717, 1.165) is 13.1 Å². The number of aromatic nitrogens is 1. The van der Waals surface area contributed by atoms with Gasteiger partial charge in [0.25, 0.3) is 5.91 Å². The molecule has 0 atom stereocenters. The van der Waals surface area contributed by atoms with Crippen LogP contribution in [0.25, 0.3) is 0 Å². The standard InChI is InChI=1S/C14H21N3O2/c1-14(2,19)11-16-7-9-17(10-8-16)13(18)12-3-5-15-6-4-12/h3-6,19H,7-11H2,1-2H3. The maximum atomic E-state index is 12.2. The fourth-order valence-electron chi connectivity index (χ4n) is 2.33. The van der Waals surface area contributed by atoms with E-state index in [1.165, 1.54) is 0 Å². The molecule has 1 aromatic rings. The van der Waals surface area contributed by atoms with Crippen LogP contribution in [-0.2, 0) is 0 Å². The van der Waals surface area contributed by atoms with Crippen LogP contribution < -0.4 is 0 Å². The summed E-state index contributed by atoms with van der Waals surface area (Å²) in [5, 5.41) is 9.79. The molecule has 0 saturated carbocycles. The first kappa shape index (κ1) is 14.0. The second-order valence-electron chi connectivity index (χ2n) is 5.62. The van der Waals surface area contributed by atoms with Crippen LogP contribution in [0.5, 0.6) is 0 Å². The number of nitrogens with zero attached hydrogens (tertiary/aromatic N) is 3. The highest BCUT2D eigenvalue weighted by Gasteiger charge is 2.25. The summed E-state index contributed by atoms with van der Waals surface area (Å²) in [4.78, 5) is 20.2. The summed E-state index contributed by atoms with van der Waals surface area (Å²) in [7, 11) is 0. The molecule has 0 radical (unpaired) electrons. The summed E-state index contributed by atoms with van der Waals surface area (Å²) < 4.78 is 0. The fourth-order valence-corrected chi connectivity index (χ4v) is 2.33. The highest BCUT2D eigenvalue weighted by molar-refractivity contribution is 5.94. The van der Waals surface area contributed by atoms with Crippen LogP contribution in [0.15, 0.2) is 24.5 Å². The maximum absolute atomic E-state index is 12.2. The van der Waals surface area contributed by atoms with E-state index in [1.54, 1.807) is 24.5 Å². The molecule has 19 heavy (non-hydrogen) atoms. The first-order valence-electron chi connectivity index (χ1n) is 6.60. The van der Waals surface area contributed by atoms with E-state index in [9.17, 15) is 9.90 Å². The summed E-state index contributed by atoms with van der Waals surface area (Å²) in [5.41, 5.74) is 0.00280. The van der Waals surface area contributed by atoms with Gasteiger partial charge in [-0.2, -0.15) is 0 Å². The predicted molar refractivity (Wildman–Crippen MR) is 72.9 cm³/mol. The largest absolute Gasteiger partial charge is 0.389 e.